The third-order valence-corrected chi connectivity index (χ3v) is 3.57. The summed E-state index contributed by atoms with van der Waals surface area (Å²) in [6, 6.07) is 0.471. The number of amides is 1. The Morgan fingerprint density at radius 1 is 1.19 bits per heavy atom. The maximum atomic E-state index is 11.6. The summed E-state index contributed by atoms with van der Waals surface area (Å²) in [5, 5.41) is 3.16. The first kappa shape index (κ1) is 13.5. The van der Waals surface area contributed by atoms with Gasteiger partial charge in [-0.05, 0) is 31.6 Å². The summed E-state index contributed by atoms with van der Waals surface area (Å²) >= 11 is 0. The molecule has 1 N–H and O–H groups in total. The van der Waals surface area contributed by atoms with Gasteiger partial charge in [-0.1, -0.05) is 39.5 Å². The van der Waals surface area contributed by atoms with Crippen LogP contribution in [-0.4, -0.2) is 11.9 Å². The van der Waals surface area contributed by atoms with Gasteiger partial charge in [-0.15, -0.1) is 0 Å². The molecule has 0 saturated heterocycles. The van der Waals surface area contributed by atoms with Crippen molar-refractivity contribution in [3.05, 3.63) is 0 Å². The topological polar surface area (TPSA) is 29.1 Å². The lowest BCUT2D eigenvalue weighted by Crippen LogP contribution is -2.32. The standard InChI is InChI=1S/C14H27NO/c1-3-4-5-6-7-8-14(16)15-13-10-9-12(2)11-13/h12-13H,3-11H2,1-2H3,(H,15,16). The molecule has 2 heteroatoms. The Balaban J connectivity index is 1.98. The highest BCUT2D eigenvalue weighted by Gasteiger charge is 2.22. The molecule has 2 unspecified atom stereocenters. The zero-order chi connectivity index (χ0) is 11.8. The van der Waals surface area contributed by atoms with Gasteiger partial charge in [0.1, 0.15) is 0 Å². The van der Waals surface area contributed by atoms with Gasteiger partial charge in [0.25, 0.3) is 0 Å². The molecule has 0 aromatic heterocycles. The molecule has 1 amide bonds. The lowest BCUT2D eigenvalue weighted by atomic mass is 10.1. The van der Waals surface area contributed by atoms with E-state index in [0.717, 1.165) is 18.8 Å². The van der Waals surface area contributed by atoms with Gasteiger partial charge in [-0.2, -0.15) is 0 Å². The lowest BCUT2D eigenvalue weighted by molar-refractivity contribution is -0.121. The van der Waals surface area contributed by atoms with Gasteiger partial charge in [0.05, 0.1) is 0 Å². The average molecular weight is 225 g/mol. The van der Waals surface area contributed by atoms with Crippen molar-refractivity contribution in [2.24, 2.45) is 5.92 Å². The van der Waals surface area contributed by atoms with Crippen LogP contribution in [0.1, 0.15) is 71.6 Å². The fraction of sp³-hybridized carbons (Fsp3) is 0.929. The number of rotatable bonds is 7. The zero-order valence-corrected chi connectivity index (χ0v) is 10.9. The highest BCUT2D eigenvalue weighted by atomic mass is 16.1. The third-order valence-electron chi connectivity index (χ3n) is 3.57. The normalized spacial score (nSPS) is 24.6. The molecule has 0 heterocycles. The average Bonchev–Trinajstić information content (AvgIpc) is 2.63. The minimum Gasteiger partial charge on any atom is -0.353 e. The molecule has 0 aromatic carbocycles. The molecule has 0 aliphatic heterocycles. The van der Waals surface area contributed by atoms with Crippen molar-refractivity contribution in [1.29, 1.82) is 0 Å². The van der Waals surface area contributed by atoms with E-state index < -0.39 is 0 Å². The molecule has 1 aliphatic rings. The van der Waals surface area contributed by atoms with Crippen molar-refractivity contribution in [2.75, 3.05) is 0 Å². The van der Waals surface area contributed by atoms with Crippen LogP contribution in [-0.2, 0) is 4.79 Å². The molecule has 1 rings (SSSR count). The van der Waals surface area contributed by atoms with Crippen LogP contribution in [0.4, 0.5) is 0 Å². The summed E-state index contributed by atoms with van der Waals surface area (Å²) in [7, 11) is 0. The van der Waals surface area contributed by atoms with E-state index in [1.807, 2.05) is 0 Å². The fourth-order valence-corrected chi connectivity index (χ4v) is 2.53. The summed E-state index contributed by atoms with van der Waals surface area (Å²) in [5.41, 5.74) is 0. The van der Waals surface area contributed by atoms with Gasteiger partial charge in [0.15, 0.2) is 0 Å². The molecule has 0 spiro atoms. The van der Waals surface area contributed by atoms with Gasteiger partial charge in [0.2, 0.25) is 5.91 Å². The number of hydrogen-bond acceptors (Lipinski definition) is 1. The van der Waals surface area contributed by atoms with E-state index in [9.17, 15) is 4.79 Å². The number of carbonyl (C=O) groups excluding carboxylic acids is 1. The Bertz CT molecular complexity index is 203. The van der Waals surface area contributed by atoms with Crippen molar-refractivity contribution in [3.8, 4) is 0 Å². The molecular weight excluding hydrogens is 198 g/mol. The van der Waals surface area contributed by atoms with E-state index in [2.05, 4.69) is 19.2 Å². The summed E-state index contributed by atoms with van der Waals surface area (Å²) in [5.74, 6) is 1.07. The predicted molar refractivity (Wildman–Crippen MR) is 68.3 cm³/mol. The van der Waals surface area contributed by atoms with E-state index in [-0.39, 0.29) is 5.91 Å². The van der Waals surface area contributed by atoms with E-state index in [4.69, 9.17) is 0 Å². The highest BCUT2D eigenvalue weighted by Crippen LogP contribution is 2.24. The van der Waals surface area contributed by atoms with E-state index in [0.29, 0.717) is 6.04 Å². The first-order chi connectivity index (χ1) is 7.72. The summed E-state index contributed by atoms with van der Waals surface area (Å²) in [6.45, 7) is 4.49. The second-order valence-electron chi connectivity index (χ2n) is 5.35. The second kappa shape index (κ2) is 7.70. The van der Waals surface area contributed by atoms with Crippen molar-refractivity contribution in [3.63, 3.8) is 0 Å². The zero-order valence-electron chi connectivity index (χ0n) is 10.9. The molecule has 1 saturated carbocycles. The van der Waals surface area contributed by atoms with Crippen LogP contribution >= 0.6 is 0 Å². The van der Waals surface area contributed by atoms with Crippen LogP contribution in [0.15, 0.2) is 0 Å². The number of carbonyl (C=O) groups is 1. The molecule has 2 atom stereocenters. The minimum atomic E-state index is 0.274. The molecule has 94 valence electrons. The Hall–Kier alpha value is -0.530. The first-order valence-corrected chi connectivity index (χ1v) is 7.01. The highest BCUT2D eigenvalue weighted by molar-refractivity contribution is 5.76. The number of unbranched alkanes of at least 4 members (excludes halogenated alkanes) is 4. The quantitative estimate of drug-likeness (QED) is 0.658. The maximum absolute atomic E-state index is 11.6. The minimum absolute atomic E-state index is 0.274. The molecule has 1 fully saturated rings. The molecule has 0 radical (unpaired) electrons. The van der Waals surface area contributed by atoms with Crippen LogP contribution < -0.4 is 5.32 Å². The lowest BCUT2D eigenvalue weighted by Gasteiger charge is -2.12. The first-order valence-electron chi connectivity index (χ1n) is 7.01. The Morgan fingerprint density at radius 2 is 1.94 bits per heavy atom. The van der Waals surface area contributed by atoms with E-state index >= 15 is 0 Å². The number of hydrogen-bond donors (Lipinski definition) is 1. The van der Waals surface area contributed by atoms with Crippen LogP contribution in [0.25, 0.3) is 0 Å². The Labute approximate surface area is 100 Å². The summed E-state index contributed by atoms with van der Waals surface area (Å²) in [4.78, 5) is 11.6. The largest absolute Gasteiger partial charge is 0.353 e. The third kappa shape index (κ3) is 5.53. The molecule has 0 aromatic rings. The number of nitrogens with one attached hydrogen (secondary N) is 1. The summed E-state index contributed by atoms with van der Waals surface area (Å²) < 4.78 is 0. The van der Waals surface area contributed by atoms with Gasteiger partial charge in [0, 0.05) is 12.5 Å². The van der Waals surface area contributed by atoms with Crippen molar-refractivity contribution in [1.82, 2.24) is 5.32 Å². The predicted octanol–water partition coefficient (Wildman–Crippen LogP) is 3.65. The van der Waals surface area contributed by atoms with E-state index in [1.54, 1.807) is 0 Å². The monoisotopic (exact) mass is 225 g/mol. The molecule has 1 aliphatic carbocycles. The van der Waals surface area contributed by atoms with Gasteiger partial charge in [-0.3, -0.25) is 4.79 Å². The fourth-order valence-electron chi connectivity index (χ4n) is 2.53. The van der Waals surface area contributed by atoms with Gasteiger partial charge >= 0.3 is 0 Å². The maximum Gasteiger partial charge on any atom is 0.220 e. The molecular formula is C14H27NO. The Kier molecular flexibility index (Phi) is 6.51. The van der Waals surface area contributed by atoms with Crippen LogP contribution in [0.2, 0.25) is 0 Å². The SMILES string of the molecule is CCCCCCCC(=O)NC1CCC(C)C1. The Morgan fingerprint density at radius 3 is 2.56 bits per heavy atom. The van der Waals surface area contributed by atoms with Crippen molar-refractivity contribution < 1.29 is 4.79 Å². The van der Waals surface area contributed by atoms with Crippen molar-refractivity contribution in [2.45, 2.75) is 77.7 Å². The van der Waals surface area contributed by atoms with Crippen LogP contribution in [0.5, 0.6) is 0 Å². The molecule has 2 nitrogen and oxygen atoms in total. The van der Waals surface area contributed by atoms with Gasteiger partial charge < -0.3 is 5.32 Å². The van der Waals surface area contributed by atoms with Crippen molar-refractivity contribution >= 4 is 5.91 Å². The van der Waals surface area contributed by atoms with Crippen LogP contribution in [0, 0.1) is 5.92 Å². The molecule has 0 bridgehead atoms. The van der Waals surface area contributed by atoms with Crippen LogP contribution in [0.3, 0.4) is 0 Å². The molecule has 16 heavy (non-hydrogen) atoms. The summed E-state index contributed by atoms with van der Waals surface area (Å²) in [6.07, 6.45) is 10.5. The second-order valence-corrected chi connectivity index (χ2v) is 5.35. The van der Waals surface area contributed by atoms with Gasteiger partial charge in [-0.25, -0.2) is 0 Å². The van der Waals surface area contributed by atoms with E-state index in [1.165, 1.54) is 44.9 Å². The smallest absolute Gasteiger partial charge is 0.220 e.